The van der Waals surface area contributed by atoms with Gasteiger partial charge < -0.3 is 18.9 Å². The van der Waals surface area contributed by atoms with Crippen molar-refractivity contribution >= 4 is 29.7 Å². The molecule has 0 amide bonds. The molecule has 0 aromatic heterocycles. The van der Waals surface area contributed by atoms with Crippen LogP contribution < -0.4 is 0 Å². The third kappa shape index (κ3) is 4.09. The fourth-order valence-corrected chi connectivity index (χ4v) is 8.62. The van der Waals surface area contributed by atoms with E-state index >= 15 is 0 Å². The minimum Gasteiger partial charge on any atom is -0.465 e. The van der Waals surface area contributed by atoms with Crippen molar-refractivity contribution in [3.8, 4) is 0 Å². The van der Waals surface area contributed by atoms with Gasteiger partial charge in [0, 0.05) is 33.1 Å². The molecule has 4 aliphatic carbocycles. The van der Waals surface area contributed by atoms with Crippen molar-refractivity contribution in [2.45, 2.75) is 92.0 Å². The molecule has 0 saturated heterocycles. The molecular formula is C28H38O9. The fourth-order valence-electron chi connectivity index (χ4n) is 8.62. The molecule has 0 heterocycles. The van der Waals surface area contributed by atoms with E-state index in [2.05, 4.69) is 20.4 Å². The lowest BCUT2D eigenvalue weighted by Crippen LogP contribution is -2.70. The number of rotatable bonds is 5. The van der Waals surface area contributed by atoms with E-state index in [1.807, 2.05) is 0 Å². The molecule has 37 heavy (non-hydrogen) atoms. The molecule has 9 heteroatoms. The van der Waals surface area contributed by atoms with Crippen LogP contribution in [0, 0.1) is 34.0 Å². The van der Waals surface area contributed by atoms with E-state index in [-0.39, 0.29) is 29.9 Å². The van der Waals surface area contributed by atoms with E-state index < -0.39 is 64.3 Å². The average molecular weight is 519 g/mol. The molecule has 0 radical (unpaired) electrons. The Hall–Kier alpha value is -2.71. The second kappa shape index (κ2) is 9.24. The number of carbonyl (C=O) groups is 5. The van der Waals surface area contributed by atoms with Gasteiger partial charge in [0.05, 0.1) is 12.5 Å². The molecule has 1 spiro atoms. The smallest absolute Gasteiger partial charge is 0.302 e. The maximum absolute atomic E-state index is 14.3. The lowest BCUT2D eigenvalue weighted by Gasteiger charge is -2.66. The number of fused-ring (bicyclic) bond motifs is 3. The Morgan fingerprint density at radius 1 is 0.865 bits per heavy atom. The van der Waals surface area contributed by atoms with Crippen LogP contribution in [0.25, 0.3) is 0 Å². The zero-order valence-electron chi connectivity index (χ0n) is 22.6. The van der Waals surface area contributed by atoms with E-state index in [9.17, 15) is 24.0 Å². The van der Waals surface area contributed by atoms with Crippen molar-refractivity contribution in [3.05, 3.63) is 12.2 Å². The van der Waals surface area contributed by atoms with E-state index in [1.54, 1.807) is 0 Å². The summed E-state index contributed by atoms with van der Waals surface area (Å²) in [6, 6.07) is 0. The molecule has 0 aliphatic heterocycles. The summed E-state index contributed by atoms with van der Waals surface area (Å²) >= 11 is 0. The molecule has 0 aromatic carbocycles. The summed E-state index contributed by atoms with van der Waals surface area (Å²) in [7, 11) is 0. The number of carbonyl (C=O) groups excluding carboxylic acids is 5. The Morgan fingerprint density at radius 3 is 2.05 bits per heavy atom. The van der Waals surface area contributed by atoms with Crippen LogP contribution in [0.1, 0.15) is 73.6 Å². The van der Waals surface area contributed by atoms with Gasteiger partial charge in [-0.1, -0.05) is 26.8 Å². The molecular weight excluding hydrogens is 480 g/mol. The van der Waals surface area contributed by atoms with Crippen LogP contribution in [-0.2, 0) is 42.9 Å². The maximum atomic E-state index is 14.3. The number of hydrogen-bond acceptors (Lipinski definition) is 9. The highest BCUT2D eigenvalue weighted by molar-refractivity contribution is 6.05. The molecule has 0 N–H and O–H groups in total. The van der Waals surface area contributed by atoms with Crippen LogP contribution >= 0.6 is 0 Å². The number of esters is 4. The maximum Gasteiger partial charge on any atom is 0.302 e. The summed E-state index contributed by atoms with van der Waals surface area (Å²) in [5.41, 5.74) is -2.01. The second-order valence-corrected chi connectivity index (χ2v) is 12.0. The topological polar surface area (TPSA) is 122 Å². The molecule has 204 valence electrons. The summed E-state index contributed by atoms with van der Waals surface area (Å²) < 4.78 is 23.1. The molecule has 2 bridgehead atoms. The predicted octanol–water partition coefficient (Wildman–Crippen LogP) is 3.32. The molecule has 0 aromatic rings. The van der Waals surface area contributed by atoms with Crippen molar-refractivity contribution in [1.29, 1.82) is 0 Å². The van der Waals surface area contributed by atoms with Gasteiger partial charge in [-0.25, -0.2) is 0 Å². The van der Waals surface area contributed by atoms with E-state index in [1.165, 1.54) is 27.7 Å². The Balaban J connectivity index is 1.93. The highest BCUT2D eigenvalue weighted by Gasteiger charge is 2.78. The van der Waals surface area contributed by atoms with Gasteiger partial charge in [-0.3, -0.25) is 24.0 Å². The molecule has 0 unspecified atom stereocenters. The Labute approximate surface area is 217 Å². The van der Waals surface area contributed by atoms with Gasteiger partial charge >= 0.3 is 23.9 Å². The Bertz CT molecular complexity index is 1050. The van der Waals surface area contributed by atoms with Crippen molar-refractivity contribution in [1.82, 2.24) is 0 Å². The lowest BCUT2D eigenvalue weighted by molar-refractivity contribution is -0.254. The zero-order chi connectivity index (χ0) is 27.5. The van der Waals surface area contributed by atoms with Crippen LogP contribution in [0.3, 0.4) is 0 Å². The SMILES string of the molecule is C=C1C(=O)[C@@]23[C@H](C[C@H](OC(C)=O)[C@H]1[C@@H]2OC(C)=O)[C@]1(C)CCC[C@](C)(COC(C)=O)[C@@H]1C[C@H]3OC(C)=O. The van der Waals surface area contributed by atoms with Crippen LogP contribution in [0.5, 0.6) is 0 Å². The summed E-state index contributed by atoms with van der Waals surface area (Å²) in [6.45, 7) is 13.7. The second-order valence-electron chi connectivity index (χ2n) is 12.0. The van der Waals surface area contributed by atoms with Crippen LogP contribution in [0.15, 0.2) is 12.2 Å². The van der Waals surface area contributed by atoms with Crippen LogP contribution in [-0.4, -0.2) is 54.6 Å². The van der Waals surface area contributed by atoms with Gasteiger partial charge in [0.2, 0.25) is 0 Å². The lowest BCUT2D eigenvalue weighted by atomic mass is 9.39. The zero-order valence-corrected chi connectivity index (χ0v) is 22.6. The largest absolute Gasteiger partial charge is 0.465 e. The minimum absolute atomic E-state index is 0.0813. The number of hydrogen-bond donors (Lipinski definition) is 0. The number of ketones is 1. The highest BCUT2D eigenvalue weighted by Crippen LogP contribution is 2.72. The first-order valence-corrected chi connectivity index (χ1v) is 13.1. The first kappa shape index (κ1) is 27.3. The Morgan fingerprint density at radius 2 is 1.49 bits per heavy atom. The first-order valence-electron chi connectivity index (χ1n) is 13.1. The third-order valence-electron chi connectivity index (χ3n) is 9.73. The normalized spacial score (nSPS) is 42.2. The minimum atomic E-state index is -1.33. The van der Waals surface area contributed by atoms with E-state index in [0.29, 0.717) is 12.8 Å². The monoisotopic (exact) mass is 518 g/mol. The number of Topliss-reactive ketones (excluding diaryl/α,β-unsaturated/α-hetero) is 1. The van der Waals surface area contributed by atoms with Gasteiger partial charge in [-0.15, -0.1) is 0 Å². The van der Waals surface area contributed by atoms with E-state index in [0.717, 1.165) is 19.3 Å². The first-order chi connectivity index (χ1) is 17.2. The molecule has 4 saturated carbocycles. The molecule has 9 nitrogen and oxygen atoms in total. The highest BCUT2D eigenvalue weighted by atomic mass is 16.6. The van der Waals surface area contributed by atoms with Crippen molar-refractivity contribution in [3.63, 3.8) is 0 Å². The standard InChI is InChI=1S/C28H38O9/c1-14-23-19(35-16(3)30)11-21-27(7)10-8-9-26(6,13-34-15(2)29)20(27)12-22(36-17(4)31)28(21,24(14)33)25(23)37-18(5)32/h19-23,25H,1,8-13H2,2-7H3/t19-,20-,21+,22+,23-,25-,26+,27+,28-/m0/s1. The summed E-state index contributed by atoms with van der Waals surface area (Å²) in [5.74, 6) is -3.50. The van der Waals surface area contributed by atoms with E-state index in [4.69, 9.17) is 18.9 Å². The van der Waals surface area contributed by atoms with Crippen molar-refractivity contribution < 1.29 is 42.9 Å². The van der Waals surface area contributed by atoms with Crippen molar-refractivity contribution in [2.75, 3.05) is 6.61 Å². The molecule has 4 fully saturated rings. The molecule has 4 rings (SSSR count). The van der Waals surface area contributed by atoms with Gasteiger partial charge in [0.1, 0.15) is 23.7 Å². The van der Waals surface area contributed by atoms with Gasteiger partial charge in [0.15, 0.2) is 5.78 Å². The van der Waals surface area contributed by atoms with Gasteiger partial charge in [-0.05, 0) is 48.5 Å². The summed E-state index contributed by atoms with van der Waals surface area (Å²) in [4.78, 5) is 62.9. The number of ether oxygens (including phenoxy) is 4. The van der Waals surface area contributed by atoms with Gasteiger partial charge in [-0.2, -0.15) is 0 Å². The Kier molecular flexibility index (Phi) is 6.82. The van der Waals surface area contributed by atoms with Crippen LogP contribution in [0.2, 0.25) is 0 Å². The fraction of sp³-hybridized carbons (Fsp3) is 0.750. The van der Waals surface area contributed by atoms with Crippen LogP contribution in [0.4, 0.5) is 0 Å². The van der Waals surface area contributed by atoms with Crippen molar-refractivity contribution in [2.24, 2.45) is 34.0 Å². The summed E-state index contributed by atoms with van der Waals surface area (Å²) in [5, 5.41) is 0. The summed E-state index contributed by atoms with van der Waals surface area (Å²) in [6.07, 6.45) is 0.552. The quantitative estimate of drug-likeness (QED) is 0.306. The van der Waals surface area contributed by atoms with Gasteiger partial charge in [0.25, 0.3) is 0 Å². The molecule has 9 atom stereocenters. The molecule has 4 aliphatic rings. The predicted molar refractivity (Wildman–Crippen MR) is 130 cm³/mol. The average Bonchev–Trinajstić information content (AvgIpc) is 2.91. The third-order valence-corrected chi connectivity index (χ3v) is 9.73.